The van der Waals surface area contributed by atoms with Crippen LogP contribution in [0.3, 0.4) is 0 Å². The van der Waals surface area contributed by atoms with Gasteiger partial charge in [0.1, 0.15) is 12.2 Å². The lowest BCUT2D eigenvalue weighted by Crippen LogP contribution is -2.56. The van der Waals surface area contributed by atoms with E-state index in [1.165, 1.54) is 0 Å². The maximum atomic E-state index is 12.8. The maximum Gasteiger partial charge on any atom is 0.367 e. The van der Waals surface area contributed by atoms with Gasteiger partial charge in [-0.05, 0) is 0 Å². The molecule has 2 aliphatic heterocycles. The van der Waals surface area contributed by atoms with Crippen molar-refractivity contribution in [3.05, 3.63) is 0 Å². The molecule has 0 spiro atoms. The highest BCUT2D eigenvalue weighted by Gasteiger charge is 2.69. The summed E-state index contributed by atoms with van der Waals surface area (Å²) in [5.74, 6) is -11.6. The van der Waals surface area contributed by atoms with Gasteiger partial charge in [0.05, 0.1) is 26.4 Å². The van der Waals surface area contributed by atoms with Crippen molar-refractivity contribution in [2.75, 3.05) is 26.4 Å². The molecular formula is C14H16F12O4. The van der Waals surface area contributed by atoms with Crippen molar-refractivity contribution in [1.82, 2.24) is 0 Å². The SMILES string of the molecule is FC(F)C(F)C(F)(F)C(F)(F)C(F)OCC1CO1.FC(F)C(F)C(F)OCC1CO1. The minimum atomic E-state index is -5.88. The third kappa shape index (κ3) is 7.92. The number of hydrogen-bond acceptors (Lipinski definition) is 4. The van der Waals surface area contributed by atoms with Crippen LogP contribution in [0, 0.1) is 0 Å². The quantitative estimate of drug-likeness (QED) is 0.317. The Morgan fingerprint density at radius 2 is 1.13 bits per heavy atom. The lowest BCUT2D eigenvalue weighted by molar-refractivity contribution is -0.319. The van der Waals surface area contributed by atoms with Gasteiger partial charge in [0.25, 0.3) is 19.2 Å². The van der Waals surface area contributed by atoms with E-state index in [1.807, 2.05) is 0 Å². The topological polar surface area (TPSA) is 43.5 Å². The maximum absolute atomic E-state index is 12.8. The average Bonchev–Trinajstić information content (AvgIpc) is 3.56. The lowest BCUT2D eigenvalue weighted by Gasteiger charge is -2.30. The number of halogens is 12. The fourth-order valence-electron chi connectivity index (χ4n) is 1.52. The van der Waals surface area contributed by atoms with Crippen molar-refractivity contribution in [3.8, 4) is 0 Å². The van der Waals surface area contributed by atoms with Crippen LogP contribution in [0.4, 0.5) is 52.7 Å². The van der Waals surface area contributed by atoms with Gasteiger partial charge < -0.3 is 18.9 Å². The Bertz CT molecular complexity index is 503. The van der Waals surface area contributed by atoms with Crippen molar-refractivity contribution in [1.29, 1.82) is 0 Å². The van der Waals surface area contributed by atoms with Crippen LogP contribution in [0.25, 0.3) is 0 Å². The van der Waals surface area contributed by atoms with Crippen LogP contribution >= 0.6 is 0 Å². The highest BCUT2D eigenvalue weighted by molar-refractivity contribution is 4.94. The van der Waals surface area contributed by atoms with Crippen molar-refractivity contribution >= 4 is 0 Å². The molecular weight excluding hydrogens is 460 g/mol. The number of ether oxygens (including phenoxy) is 4. The molecule has 0 amide bonds. The molecule has 2 saturated heterocycles. The van der Waals surface area contributed by atoms with Gasteiger partial charge in [0.2, 0.25) is 18.7 Å². The smallest absolute Gasteiger partial charge is 0.367 e. The van der Waals surface area contributed by atoms with Crippen LogP contribution in [-0.2, 0) is 18.9 Å². The van der Waals surface area contributed by atoms with E-state index in [0.717, 1.165) is 0 Å². The van der Waals surface area contributed by atoms with Crippen molar-refractivity contribution in [2.45, 2.75) is 62.0 Å². The molecule has 0 N–H and O–H groups in total. The molecule has 0 aromatic heterocycles. The van der Waals surface area contributed by atoms with Crippen LogP contribution in [-0.4, -0.2) is 88.4 Å². The first-order valence-electron chi connectivity index (χ1n) is 8.06. The van der Waals surface area contributed by atoms with E-state index in [9.17, 15) is 52.7 Å². The molecule has 0 aromatic carbocycles. The first kappa shape index (κ1) is 27.0. The van der Waals surface area contributed by atoms with Crippen molar-refractivity contribution in [2.24, 2.45) is 0 Å². The molecule has 30 heavy (non-hydrogen) atoms. The van der Waals surface area contributed by atoms with Gasteiger partial charge in [-0.15, -0.1) is 0 Å². The summed E-state index contributed by atoms with van der Waals surface area (Å²) in [5.41, 5.74) is 0. The minimum absolute atomic E-state index is 0.0808. The van der Waals surface area contributed by atoms with Crippen LogP contribution < -0.4 is 0 Å². The second-order valence-corrected chi connectivity index (χ2v) is 6.01. The summed E-state index contributed by atoms with van der Waals surface area (Å²) in [6.07, 6.45) is -22.5. The van der Waals surface area contributed by atoms with E-state index in [4.69, 9.17) is 0 Å². The van der Waals surface area contributed by atoms with Crippen LogP contribution in [0.15, 0.2) is 0 Å². The zero-order valence-corrected chi connectivity index (χ0v) is 14.6. The summed E-state index contributed by atoms with van der Waals surface area (Å²) in [7, 11) is 0. The highest BCUT2D eigenvalue weighted by Crippen LogP contribution is 2.44. The lowest BCUT2D eigenvalue weighted by atomic mass is 10.1. The predicted octanol–water partition coefficient (Wildman–Crippen LogP) is 3.87. The average molecular weight is 476 g/mol. The molecule has 2 fully saturated rings. The zero-order valence-electron chi connectivity index (χ0n) is 14.6. The minimum Gasteiger partial charge on any atom is -0.371 e. The monoisotopic (exact) mass is 476 g/mol. The van der Waals surface area contributed by atoms with Crippen LogP contribution in [0.2, 0.25) is 0 Å². The molecule has 0 radical (unpaired) electrons. The van der Waals surface area contributed by atoms with Gasteiger partial charge in [-0.1, -0.05) is 0 Å². The number of hydrogen-bond donors (Lipinski definition) is 0. The molecule has 6 unspecified atom stereocenters. The van der Waals surface area contributed by atoms with Crippen molar-refractivity contribution in [3.63, 3.8) is 0 Å². The second-order valence-electron chi connectivity index (χ2n) is 6.01. The third-order valence-electron chi connectivity index (χ3n) is 3.46. The molecule has 6 atom stereocenters. The Labute approximate surface area is 161 Å². The molecule has 0 aliphatic carbocycles. The van der Waals surface area contributed by atoms with Crippen LogP contribution in [0.5, 0.6) is 0 Å². The molecule has 0 bridgehead atoms. The second kappa shape index (κ2) is 11.0. The number of alkyl halides is 12. The van der Waals surface area contributed by atoms with Crippen LogP contribution in [0.1, 0.15) is 0 Å². The Hall–Kier alpha value is -1.00. The Morgan fingerprint density at radius 1 is 0.700 bits per heavy atom. The summed E-state index contributed by atoms with van der Waals surface area (Å²) in [6, 6.07) is 0. The van der Waals surface area contributed by atoms with Gasteiger partial charge in [0.15, 0.2) is 0 Å². The van der Waals surface area contributed by atoms with E-state index in [1.54, 1.807) is 0 Å². The van der Waals surface area contributed by atoms with Crippen molar-refractivity contribution < 1.29 is 71.6 Å². The van der Waals surface area contributed by atoms with Gasteiger partial charge in [0, 0.05) is 0 Å². The Kier molecular flexibility index (Phi) is 9.95. The molecule has 4 nitrogen and oxygen atoms in total. The van der Waals surface area contributed by atoms with E-state index in [-0.39, 0.29) is 19.3 Å². The van der Waals surface area contributed by atoms with E-state index in [0.29, 0.717) is 6.61 Å². The summed E-state index contributed by atoms with van der Waals surface area (Å²) in [5, 5.41) is 0. The van der Waals surface area contributed by atoms with E-state index < -0.39 is 62.5 Å². The highest BCUT2D eigenvalue weighted by atomic mass is 19.3. The fraction of sp³-hybridized carbons (Fsp3) is 1.00. The summed E-state index contributed by atoms with van der Waals surface area (Å²) >= 11 is 0. The fourth-order valence-corrected chi connectivity index (χ4v) is 1.52. The summed E-state index contributed by atoms with van der Waals surface area (Å²) in [6.45, 7) is -0.428. The molecule has 16 heteroatoms. The summed E-state index contributed by atoms with van der Waals surface area (Å²) < 4.78 is 164. The number of epoxide rings is 2. The van der Waals surface area contributed by atoms with E-state index in [2.05, 4.69) is 18.9 Å². The van der Waals surface area contributed by atoms with Gasteiger partial charge >= 0.3 is 11.8 Å². The molecule has 2 heterocycles. The first-order chi connectivity index (χ1) is 13.7. The molecule has 2 rings (SSSR count). The van der Waals surface area contributed by atoms with Gasteiger partial charge in [-0.2, -0.15) is 17.6 Å². The first-order valence-corrected chi connectivity index (χ1v) is 8.06. The molecule has 0 aromatic rings. The standard InChI is InChI=1S/C8H8F8O2.C6H8F4O2/c9-4(5(10)11)7(13,14)8(15,16)6(12)18-2-3-1-17-3;7-4(5(8)9)6(10)12-2-3-1-11-3/h3-6H,1-2H2;3-6H,1-2H2. The van der Waals surface area contributed by atoms with Gasteiger partial charge in [-0.25, -0.2) is 35.1 Å². The predicted molar refractivity (Wildman–Crippen MR) is 72.9 cm³/mol. The molecule has 180 valence electrons. The van der Waals surface area contributed by atoms with Gasteiger partial charge in [-0.3, -0.25) is 0 Å². The van der Waals surface area contributed by atoms with E-state index >= 15 is 0 Å². The zero-order chi connectivity index (χ0) is 23.3. The Morgan fingerprint density at radius 3 is 1.50 bits per heavy atom. The molecule has 0 saturated carbocycles. The summed E-state index contributed by atoms with van der Waals surface area (Å²) in [4.78, 5) is 0. The third-order valence-corrected chi connectivity index (χ3v) is 3.46. The molecule has 2 aliphatic rings. The Balaban J connectivity index is 0.000000325. The number of rotatable bonds is 12. The normalized spacial score (nSPS) is 25.4. The largest absolute Gasteiger partial charge is 0.371 e.